The van der Waals surface area contributed by atoms with Crippen molar-refractivity contribution >= 4 is 33.0 Å². The number of benzene rings is 2. The van der Waals surface area contributed by atoms with Crippen LogP contribution in [0.15, 0.2) is 77.5 Å². The Kier molecular flexibility index (Phi) is 3.53. The molecule has 0 radical (unpaired) electrons. The highest BCUT2D eigenvalue weighted by atomic mass is 16.3. The Morgan fingerprint density at radius 3 is 2.47 bits per heavy atom. The lowest BCUT2D eigenvalue weighted by molar-refractivity contribution is 0.667. The number of nitrogens with zero attached hydrogens (tertiary/aromatic N) is 4. The lowest BCUT2D eigenvalue weighted by Crippen LogP contribution is -1.97. The van der Waals surface area contributed by atoms with Gasteiger partial charge in [0.1, 0.15) is 11.4 Å². The largest absolute Gasteiger partial charge is 0.454 e. The Bertz CT molecular complexity index is 1560. The van der Waals surface area contributed by atoms with Crippen molar-refractivity contribution in [2.75, 3.05) is 0 Å². The summed E-state index contributed by atoms with van der Waals surface area (Å²) < 4.78 is 8.42. The van der Waals surface area contributed by atoms with E-state index in [-0.39, 0.29) is 0 Å². The third-order valence-electron chi connectivity index (χ3n) is 5.45. The molecule has 0 amide bonds. The molecule has 4 heterocycles. The first-order valence-corrected chi connectivity index (χ1v) is 9.88. The van der Waals surface area contributed by atoms with Gasteiger partial charge in [-0.25, -0.2) is 4.98 Å². The molecule has 2 aromatic carbocycles. The van der Waals surface area contributed by atoms with Gasteiger partial charge in [-0.2, -0.15) is 0 Å². The standard InChI is InChI=1S/C25H18N4O/c1-15-11-20-18-9-6-10-19(24(18)30-23(20)14-27-15)25-28-21-12-16(2)26-13-22(21)29(25)17-7-4-3-5-8-17/h3-14H,1-2H3. The molecule has 144 valence electrons. The number of rotatable bonds is 2. The molecule has 0 unspecified atom stereocenters. The molecule has 0 bridgehead atoms. The fourth-order valence-corrected chi connectivity index (χ4v) is 4.08. The molecule has 30 heavy (non-hydrogen) atoms. The number of aryl methyl sites for hydroxylation is 2. The Morgan fingerprint density at radius 2 is 1.60 bits per heavy atom. The summed E-state index contributed by atoms with van der Waals surface area (Å²) >= 11 is 0. The Labute approximate surface area is 172 Å². The van der Waals surface area contributed by atoms with Gasteiger partial charge < -0.3 is 4.42 Å². The molecule has 4 aromatic heterocycles. The van der Waals surface area contributed by atoms with Crippen LogP contribution in [0.3, 0.4) is 0 Å². The lowest BCUT2D eigenvalue weighted by atomic mass is 10.1. The van der Waals surface area contributed by atoms with Gasteiger partial charge in [0.25, 0.3) is 0 Å². The summed E-state index contributed by atoms with van der Waals surface area (Å²) in [4.78, 5) is 13.9. The molecule has 0 aliphatic heterocycles. The zero-order valence-corrected chi connectivity index (χ0v) is 16.6. The lowest BCUT2D eigenvalue weighted by Gasteiger charge is -2.09. The normalized spacial score (nSPS) is 11.7. The van der Waals surface area contributed by atoms with Crippen molar-refractivity contribution in [1.29, 1.82) is 0 Å². The fraction of sp³-hybridized carbons (Fsp3) is 0.0800. The van der Waals surface area contributed by atoms with Crippen LogP contribution in [0.5, 0.6) is 0 Å². The van der Waals surface area contributed by atoms with E-state index < -0.39 is 0 Å². The molecule has 0 saturated heterocycles. The van der Waals surface area contributed by atoms with E-state index in [9.17, 15) is 0 Å². The maximum absolute atomic E-state index is 6.27. The minimum absolute atomic E-state index is 0.780. The quantitative estimate of drug-likeness (QED) is 0.364. The van der Waals surface area contributed by atoms with E-state index in [1.54, 1.807) is 6.20 Å². The molecule has 0 N–H and O–H groups in total. The van der Waals surface area contributed by atoms with E-state index in [0.29, 0.717) is 0 Å². The molecule has 0 aliphatic rings. The second-order valence-electron chi connectivity index (χ2n) is 7.53. The molecule has 5 heteroatoms. The van der Waals surface area contributed by atoms with Crippen molar-refractivity contribution in [3.63, 3.8) is 0 Å². The van der Waals surface area contributed by atoms with E-state index in [1.165, 1.54) is 0 Å². The van der Waals surface area contributed by atoms with Gasteiger partial charge >= 0.3 is 0 Å². The van der Waals surface area contributed by atoms with Crippen molar-refractivity contribution in [3.8, 4) is 17.1 Å². The van der Waals surface area contributed by atoms with E-state index in [4.69, 9.17) is 9.40 Å². The molecule has 6 aromatic rings. The molecule has 0 fully saturated rings. The minimum Gasteiger partial charge on any atom is -0.454 e. The van der Waals surface area contributed by atoms with Gasteiger partial charge in [0.2, 0.25) is 0 Å². The van der Waals surface area contributed by atoms with Crippen LogP contribution in [0.25, 0.3) is 50.0 Å². The number of aromatic nitrogens is 4. The van der Waals surface area contributed by atoms with E-state index in [1.807, 2.05) is 44.3 Å². The van der Waals surface area contributed by atoms with Gasteiger partial charge in [-0.15, -0.1) is 0 Å². The van der Waals surface area contributed by atoms with Crippen LogP contribution in [0.4, 0.5) is 0 Å². The summed E-state index contributed by atoms with van der Waals surface area (Å²) in [6.45, 7) is 3.97. The molecular weight excluding hydrogens is 372 g/mol. The highest BCUT2D eigenvalue weighted by Gasteiger charge is 2.20. The average molecular weight is 390 g/mol. The average Bonchev–Trinajstić information content (AvgIpc) is 3.32. The number of pyridine rings is 2. The topological polar surface area (TPSA) is 56.7 Å². The molecule has 0 saturated carbocycles. The Hall–Kier alpha value is -3.99. The molecule has 0 aliphatic carbocycles. The monoisotopic (exact) mass is 390 g/mol. The molecule has 0 spiro atoms. The SMILES string of the molecule is Cc1cc2nc(-c3cccc4c3oc3cnc(C)cc34)n(-c3ccccc3)c2cn1. The van der Waals surface area contributed by atoms with E-state index in [2.05, 4.69) is 50.9 Å². The fourth-order valence-electron chi connectivity index (χ4n) is 4.08. The smallest absolute Gasteiger partial charge is 0.153 e. The number of imidazole rings is 1. The van der Waals surface area contributed by atoms with E-state index in [0.717, 1.165) is 61.4 Å². The zero-order valence-electron chi connectivity index (χ0n) is 16.6. The second-order valence-corrected chi connectivity index (χ2v) is 7.53. The first-order chi connectivity index (χ1) is 14.7. The number of hydrogen-bond acceptors (Lipinski definition) is 4. The van der Waals surface area contributed by atoms with Gasteiger partial charge in [-0.1, -0.05) is 30.3 Å². The predicted molar refractivity (Wildman–Crippen MR) is 119 cm³/mol. The van der Waals surface area contributed by atoms with Gasteiger partial charge in [-0.05, 0) is 44.2 Å². The van der Waals surface area contributed by atoms with Crippen LogP contribution in [-0.4, -0.2) is 19.5 Å². The summed E-state index contributed by atoms with van der Waals surface area (Å²) in [5, 5.41) is 2.13. The van der Waals surface area contributed by atoms with E-state index >= 15 is 0 Å². The van der Waals surface area contributed by atoms with Crippen LogP contribution in [0, 0.1) is 13.8 Å². The summed E-state index contributed by atoms with van der Waals surface area (Å²) in [5.41, 5.74) is 7.36. The molecular formula is C25H18N4O. The number of para-hydroxylation sites is 2. The van der Waals surface area contributed by atoms with Crippen molar-refractivity contribution in [1.82, 2.24) is 19.5 Å². The highest BCUT2D eigenvalue weighted by Crippen LogP contribution is 2.37. The maximum atomic E-state index is 6.27. The van der Waals surface area contributed by atoms with Crippen LogP contribution in [0.1, 0.15) is 11.4 Å². The second kappa shape index (κ2) is 6.26. The van der Waals surface area contributed by atoms with Gasteiger partial charge in [0, 0.05) is 27.8 Å². The summed E-state index contributed by atoms with van der Waals surface area (Å²) in [6, 6.07) is 20.5. The van der Waals surface area contributed by atoms with Gasteiger partial charge in [0.15, 0.2) is 5.58 Å². The summed E-state index contributed by atoms with van der Waals surface area (Å²) in [5.74, 6) is 0.831. The van der Waals surface area contributed by atoms with Gasteiger partial charge in [0.05, 0.1) is 29.0 Å². The summed E-state index contributed by atoms with van der Waals surface area (Å²) in [7, 11) is 0. The number of furan rings is 1. The Balaban J connectivity index is 1.73. The first kappa shape index (κ1) is 16.9. The zero-order chi connectivity index (χ0) is 20.2. The molecule has 6 rings (SSSR count). The Morgan fingerprint density at radius 1 is 0.800 bits per heavy atom. The third-order valence-corrected chi connectivity index (χ3v) is 5.45. The number of fused-ring (bicyclic) bond motifs is 4. The van der Waals surface area contributed by atoms with Crippen LogP contribution in [0.2, 0.25) is 0 Å². The highest BCUT2D eigenvalue weighted by molar-refractivity contribution is 6.09. The van der Waals surface area contributed by atoms with Crippen LogP contribution < -0.4 is 0 Å². The third kappa shape index (κ3) is 2.45. The van der Waals surface area contributed by atoms with Crippen molar-refractivity contribution in [2.45, 2.75) is 13.8 Å². The summed E-state index contributed by atoms with van der Waals surface area (Å²) in [6.07, 6.45) is 3.68. The van der Waals surface area contributed by atoms with Crippen LogP contribution >= 0.6 is 0 Å². The minimum atomic E-state index is 0.780. The van der Waals surface area contributed by atoms with Gasteiger partial charge in [-0.3, -0.25) is 14.5 Å². The first-order valence-electron chi connectivity index (χ1n) is 9.88. The number of hydrogen-bond donors (Lipinski definition) is 0. The molecule has 0 atom stereocenters. The predicted octanol–water partition coefficient (Wildman–Crippen LogP) is 6.00. The molecule has 5 nitrogen and oxygen atoms in total. The van der Waals surface area contributed by atoms with Crippen molar-refractivity contribution < 1.29 is 4.42 Å². The van der Waals surface area contributed by atoms with Crippen molar-refractivity contribution in [2.24, 2.45) is 0 Å². The van der Waals surface area contributed by atoms with Crippen LogP contribution in [-0.2, 0) is 0 Å². The maximum Gasteiger partial charge on any atom is 0.153 e. The van der Waals surface area contributed by atoms with Crippen molar-refractivity contribution in [3.05, 3.63) is 84.4 Å².